The van der Waals surface area contributed by atoms with Gasteiger partial charge in [0, 0.05) is 17.8 Å². The van der Waals surface area contributed by atoms with E-state index in [1.54, 1.807) is 6.07 Å². The van der Waals surface area contributed by atoms with Crippen LogP contribution in [-0.4, -0.2) is 50.8 Å². The lowest BCUT2D eigenvalue weighted by molar-refractivity contribution is -0.140. The van der Waals surface area contributed by atoms with E-state index in [4.69, 9.17) is 20.7 Å². The summed E-state index contributed by atoms with van der Waals surface area (Å²) in [6.45, 7) is 0.680. The summed E-state index contributed by atoms with van der Waals surface area (Å²) in [6.07, 6.45) is 1.36. The number of H-pyrrole nitrogens is 1. The minimum absolute atomic E-state index is 0.0800. The molecular weight excluding hydrogens is 454 g/mol. The van der Waals surface area contributed by atoms with Crippen molar-refractivity contribution < 1.29 is 29.3 Å². The van der Waals surface area contributed by atoms with E-state index in [-0.39, 0.29) is 23.8 Å². The topological polar surface area (TPSA) is 197 Å². The normalized spacial score (nSPS) is 16.1. The first-order valence-corrected chi connectivity index (χ1v) is 11.2. The van der Waals surface area contributed by atoms with Gasteiger partial charge in [0.2, 0.25) is 5.95 Å². The Morgan fingerprint density at radius 1 is 1.33 bits per heavy atom. The molecule has 0 bridgehead atoms. The number of hydrogen-bond acceptors (Lipinski definition) is 9. The van der Waals surface area contributed by atoms with Gasteiger partial charge in [-0.2, -0.15) is 4.98 Å². The summed E-state index contributed by atoms with van der Waals surface area (Å²) < 4.78 is 5.15. The third kappa shape index (κ3) is 6.94. The number of ether oxygens (including phenoxy) is 1. The Bertz CT molecular complexity index is 1080. The molecule has 0 aromatic carbocycles. The molecule has 0 fully saturated rings. The lowest BCUT2D eigenvalue weighted by Crippen LogP contribution is -2.42. The third-order valence-corrected chi connectivity index (χ3v) is 6.26. The maximum absolute atomic E-state index is 12.2. The predicted octanol–water partition coefficient (Wildman–Crippen LogP) is 1.43. The lowest BCUT2D eigenvalue weighted by Gasteiger charge is -2.13. The van der Waals surface area contributed by atoms with Crippen molar-refractivity contribution in [2.75, 3.05) is 17.6 Å². The highest BCUT2D eigenvalue weighted by atomic mass is 32.1. The molecule has 0 aliphatic carbocycles. The number of aromatic nitrogens is 2. The molecule has 0 spiro atoms. The number of nitrogens with two attached hydrogens (primary N) is 1. The van der Waals surface area contributed by atoms with Crippen molar-refractivity contribution in [3.05, 3.63) is 32.9 Å². The molecule has 0 saturated carbocycles. The number of fused-ring (bicyclic) bond motifs is 1. The van der Waals surface area contributed by atoms with Gasteiger partial charge >= 0.3 is 18.0 Å². The molecular formula is C20H25N5O7S. The van der Waals surface area contributed by atoms with Crippen LogP contribution in [0.3, 0.4) is 0 Å². The van der Waals surface area contributed by atoms with Crippen molar-refractivity contribution in [3.8, 4) is 5.06 Å². The number of nitrogen functional groups attached to an aromatic ring is 1. The Balaban J connectivity index is 1.52. The van der Waals surface area contributed by atoms with Crippen molar-refractivity contribution >= 4 is 41.1 Å². The Labute approximate surface area is 192 Å². The number of nitrogens with one attached hydrogen (secondary N) is 3. The second-order valence-corrected chi connectivity index (χ2v) is 8.81. The van der Waals surface area contributed by atoms with Gasteiger partial charge in [-0.3, -0.25) is 14.6 Å². The van der Waals surface area contributed by atoms with Gasteiger partial charge in [0.1, 0.15) is 11.9 Å². The number of nitrogens with zero attached hydrogens (tertiary/aromatic N) is 1. The molecule has 13 heteroatoms. The van der Waals surface area contributed by atoms with E-state index >= 15 is 0 Å². The maximum Gasteiger partial charge on any atom is 0.414 e. The van der Waals surface area contributed by atoms with Gasteiger partial charge in [0.15, 0.2) is 5.06 Å². The third-order valence-electron chi connectivity index (χ3n) is 5.24. The first-order valence-electron chi connectivity index (χ1n) is 10.4. The molecule has 2 aromatic rings. The minimum atomic E-state index is -1.35. The Morgan fingerprint density at radius 3 is 2.85 bits per heavy atom. The highest BCUT2D eigenvalue weighted by molar-refractivity contribution is 7.13. The molecule has 12 nitrogen and oxygen atoms in total. The zero-order chi connectivity index (χ0) is 24.0. The van der Waals surface area contributed by atoms with Gasteiger partial charge in [0.05, 0.1) is 5.56 Å². The second-order valence-electron chi connectivity index (χ2n) is 7.68. The lowest BCUT2D eigenvalue weighted by atomic mass is 9.93. The van der Waals surface area contributed by atoms with Crippen molar-refractivity contribution in [1.29, 1.82) is 0 Å². The van der Waals surface area contributed by atoms with Gasteiger partial charge in [-0.05, 0) is 50.2 Å². The number of thiophene rings is 1. The molecule has 1 unspecified atom stereocenters. The number of anilines is 2. The van der Waals surface area contributed by atoms with Gasteiger partial charge < -0.3 is 31.3 Å². The van der Waals surface area contributed by atoms with Crippen LogP contribution in [0.5, 0.6) is 5.06 Å². The average molecular weight is 480 g/mol. The number of carbonyl (C=O) groups is 3. The van der Waals surface area contributed by atoms with Crippen LogP contribution in [0.15, 0.2) is 16.9 Å². The largest absolute Gasteiger partial charge is 0.481 e. The highest BCUT2D eigenvalue weighted by Crippen LogP contribution is 2.29. The summed E-state index contributed by atoms with van der Waals surface area (Å²) in [5, 5.41) is 23.4. The molecule has 1 aliphatic rings. The number of aliphatic carboxylic acids is 2. The molecule has 2 atom stereocenters. The molecule has 0 saturated heterocycles. The summed E-state index contributed by atoms with van der Waals surface area (Å²) in [5.74, 6) is -1.63. The van der Waals surface area contributed by atoms with E-state index in [0.717, 1.165) is 17.7 Å². The monoisotopic (exact) mass is 479 g/mol. The van der Waals surface area contributed by atoms with Gasteiger partial charge in [-0.25, -0.2) is 9.59 Å². The van der Waals surface area contributed by atoms with Gasteiger partial charge in [0.25, 0.3) is 5.56 Å². The first kappa shape index (κ1) is 24.0. The number of hydrogen-bond donors (Lipinski definition) is 6. The minimum Gasteiger partial charge on any atom is -0.481 e. The summed E-state index contributed by atoms with van der Waals surface area (Å²) >= 11 is 1.26. The smallest absolute Gasteiger partial charge is 0.414 e. The number of aromatic amines is 1. The van der Waals surface area contributed by atoms with Crippen LogP contribution in [0.4, 0.5) is 16.6 Å². The van der Waals surface area contributed by atoms with E-state index in [2.05, 4.69) is 20.6 Å². The zero-order valence-electron chi connectivity index (χ0n) is 17.6. The predicted molar refractivity (Wildman–Crippen MR) is 120 cm³/mol. The maximum atomic E-state index is 12.2. The number of carboxylic acids is 2. The molecule has 2 aromatic heterocycles. The highest BCUT2D eigenvalue weighted by Gasteiger charge is 2.23. The average Bonchev–Trinajstić information content (AvgIpc) is 3.07. The summed E-state index contributed by atoms with van der Waals surface area (Å²) in [5.41, 5.74) is 5.96. The van der Waals surface area contributed by atoms with E-state index in [1.807, 2.05) is 6.07 Å². The van der Waals surface area contributed by atoms with Crippen molar-refractivity contribution in [2.45, 2.75) is 44.6 Å². The Morgan fingerprint density at radius 2 is 2.12 bits per heavy atom. The number of aryl methyl sites for hydroxylation is 1. The van der Waals surface area contributed by atoms with Crippen LogP contribution in [0.1, 0.15) is 36.1 Å². The van der Waals surface area contributed by atoms with Crippen LogP contribution in [0.25, 0.3) is 0 Å². The van der Waals surface area contributed by atoms with Crippen LogP contribution in [0, 0.1) is 5.92 Å². The van der Waals surface area contributed by atoms with Crippen LogP contribution < -0.4 is 26.7 Å². The zero-order valence-corrected chi connectivity index (χ0v) is 18.4. The fraction of sp³-hybridized carbons (Fsp3) is 0.450. The number of rotatable bonds is 9. The molecule has 1 aliphatic heterocycles. The first-order chi connectivity index (χ1) is 15.7. The van der Waals surface area contributed by atoms with Crippen LogP contribution in [0.2, 0.25) is 0 Å². The number of carboxylic acid groups (broad SMARTS) is 2. The van der Waals surface area contributed by atoms with Crippen molar-refractivity contribution in [1.82, 2.24) is 15.3 Å². The number of carbonyl (C=O) groups excluding carboxylic acids is 1. The van der Waals surface area contributed by atoms with Crippen LogP contribution in [-0.2, 0) is 22.4 Å². The van der Waals surface area contributed by atoms with Crippen molar-refractivity contribution in [2.24, 2.45) is 5.92 Å². The molecule has 0 radical (unpaired) electrons. The Kier molecular flexibility index (Phi) is 7.87. The second kappa shape index (κ2) is 10.8. The standard InChI is InChI=1S/C20H25N5O7S/c21-19-24-16-12(17(28)25-19)9-10(7-8-22-16)1-2-11-3-6-15(33-11)32-20(31)23-13(18(29)30)4-5-14(26)27/h3,6,10,13H,1-2,4-5,7-9H2,(H,23,31)(H,26,27)(H,29,30)(H4,21,22,24,25,28)/t10?,13-/m0/s1. The quantitative estimate of drug-likeness (QED) is 0.306. The molecule has 178 valence electrons. The van der Waals surface area contributed by atoms with E-state index in [0.29, 0.717) is 35.8 Å². The molecule has 3 heterocycles. The molecule has 3 rings (SSSR count). The fourth-order valence-corrected chi connectivity index (χ4v) is 4.43. The van der Waals surface area contributed by atoms with E-state index in [1.165, 1.54) is 11.3 Å². The summed E-state index contributed by atoms with van der Waals surface area (Å²) in [7, 11) is 0. The molecule has 33 heavy (non-hydrogen) atoms. The summed E-state index contributed by atoms with van der Waals surface area (Å²) in [6, 6.07) is 2.09. The Hall–Kier alpha value is -3.61. The van der Waals surface area contributed by atoms with E-state index < -0.39 is 30.5 Å². The van der Waals surface area contributed by atoms with Crippen LogP contribution >= 0.6 is 11.3 Å². The fourth-order valence-electron chi connectivity index (χ4n) is 3.56. The number of amides is 1. The SMILES string of the molecule is Nc1nc2c(c(=O)[nH]1)CC(CCc1ccc(OC(=O)N[C@@H](CCC(=O)O)C(=O)O)s1)CCN2. The van der Waals surface area contributed by atoms with Gasteiger partial charge in [-0.15, -0.1) is 11.3 Å². The molecule has 1 amide bonds. The van der Waals surface area contributed by atoms with Crippen molar-refractivity contribution in [3.63, 3.8) is 0 Å². The van der Waals surface area contributed by atoms with Gasteiger partial charge in [-0.1, -0.05) is 0 Å². The molecule has 7 N–H and O–H groups in total. The summed E-state index contributed by atoms with van der Waals surface area (Å²) in [4.78, 5) is 53.7. The van der Waals surface area contributed by atoms with E-state index in [9.17, 15) is 19.2 Å².